The van der Waals surface area contributed by atoms with E-state index >= 15 is 0 Å². The molecule has 2 N–H and O–H groups in total. The van der Waals surface area contributed by atoms with Crippen molar-refractivity contribution in [2.45, 2.75) is 57.9 Å². The van der Waals surface area contributed by atoms with Gasteiger partial charge in [-0.2, -0.15) is 0 Å². The van der Waals surface area contributed by atoms with Crippen LogP contribution in [-0.2, 0) is 5.54 Å². The molecule has 0 fully saturated rings. The predicted molar refractivity (Wildman–Crippen MR) is 106 cm³/mol. The highest BCUT2D eigenvalue weighted by molar-refractivity contribution is 5.78. The van der Waals surface area contributed by atoms with Crippen molar-refractivity contribution in [3.8, 4) is 0 Å². The molecule has 0 saturated heterocycles. The van der Waals surface area contributed by atoms with Gasteiger partial charge in [0.15, 0.2) is 0 Å². The van der Waals surface area contributed by atoms with Crippen LogP contribution in [-0.4, -0.2) is 0 Å². The van der Waals surface area contributed by atoms with Crippen LogP contribution in [0.3, 0.4) is 0 Å². The molecule has 24 heavy (non-hydrogen) atoms. The first-order chi connectivity index (χ1) is 11.6. The van der Waals surface area contributed by atoms with E-state index in [-0.39, 0.29) is 5.54 Å². The van der Waals surface area contributed by atoms with Crippen molar-refractivity contribution in [2.24, 2.45) is 5.73 Å². The zero-order chi connectivity index (χ0) is 17.4. The average molecular weight is 322 g/mol. The molecule has 0 unspecified atom stereocenters. The quantitative estimate of drug-likeness (QED) is 0.577. The summed E-state index contributed by atoms with van der Waals surface area (Å²) in [6, 6.07) is 19.1. The Labute approximate surface area is 147 Å². The van der Waals surface area contributed by atoms with Crippen LogP contribution < -0.4 is 5.73 Å². The van der Waals surface area contributed by atoms with Crippen molar-refractivity contribution in [3.05, 3.63) is 77.9 Å². The maximum Gasteiger partial charge on any atom is 0.0409 e. The van der Waals surface area contributed by atoms with Gasteiger partial charge in [-0.25, -0.2) is 0 Å². The molecule has 0 amide bonds. The molecule has 0 aliphatic carbocycles. The van der Waals surface area contributed by atoms with Gasteiger partial charge in [0.1, 0.15) is 0 Å². The standard InChI is InChI=1S/C23H31N/c1-4-6-17-23(24,18-7-5-2)22-15-13-21(14-16-22)19(3)20-11-9-8-10-12-20/h8-16H,3-7,17-18,24H2,1-2H3. The molecular formula is C23H31N. The highest BCUT2D eigenvalue weighted by Crippen LogP contribution is 2.31. The first-order valence-electron chi connectivity index (χ1n) is 9.25. The molecule has 1 nitrogen and oxygen atoms in total. The zero-order valence-corrected chi connectivity index (χ0v) is 15.2. The van der Waals surface area contributed by atoms with Crippen LogP contribution in [0.1, 0.15) is 69.1 Å². The van der Waals surface area contributed by atoms with Gasteiger partial charge in [-0.1, -0.05) is 101 Å². The molecule has 1 heteroatoms. The third kappa shape index (κ3) is 4.58. The average Bonchev–Trinajstić information content (AvgIpc) is 2.65. The lowest BCUT2D eigenvalue weighted by Gasteiger charge is -2.30. The third-order valence-corrected chi connectivity index (χ3v) is 4.88. The zero-order valence-electron chi connectivity index (χ0n) is 15.2. The van der Waals surface area contributed by atoms with Gasteiger partial charge in [-0.15, -0.1) is 0 Å². The number of rotatable bonds is 9. The summed E-state index contributed by atoms with van der Waals surface area (Å²) in [7, 11) is 0. The Morgan fingerprint density at radius 2 is 1.33 bits per heavy atom. The first kappa shape index (κ1) is 18.5. The van der Waals surface area contributed by atoms with E-state index < -0.39 is 0 Å². The summed E-state index contributed by atoms with van der Waals surface area (Å²) < 4.78 is 0. The second-order valence-corrected chi connectivity index (χ2v) is 6.79. The third-order valence-electron chi connectivity index (χ3n) is 4.88. The predicted octanol–water partition coefficient (Wildman–Crippen LogP) is 6.28. The molecule has 0 heterocycles. The van der Waals surface area contributed by atoms with E-state index in [1.807, 2.05) is 6.07 Å². The van der Waals surface area contributed by atoms with Crippen LogP contribution in [0.25, 0.3) is 5.57 Å². The maximum absolute atomic E-state index is 6.81. The molecule has 2 aromatic carbocycles. The second kappa shape index (κ2) is 8.84. The smallest absolute Gasteiger partial charge is 0.0409 e. The summed E-state index contributed by atoms with van der Waals surface area (Å²) in [5.74, 6) is 0. The lowest BCUT2D eigenvalue weighted by molar-refractivity contribution is 0.353. The molecule has 0 radical (unpaired) electrons. The molecule has 0 aliphatic rings. The van der Waals surface area contributed by atoms with Crippen LogP contribution in [0, 0.1) is 0 Å². The van der Waals surface area contributed by atoms with E-state index in [9.17, 15) is 0 Å². The number of nitrogens with two attached hydrogens (primary N) is 1. The largest absolute Gasteiger partial charge is 0.321 e. The lowest BCUT2D eigenvalue weighted by Crippen LogP contribution is -2.36. The van der Waals surface area contributed by atoms with Crippen LogP contribution in [0.5, 0.6) is 0 Å². The molecule has 0 spiro atoms. The maximum atomic E-state index is 6.81. The first-order valence-corrected chi connectivity index (χ1v) is 9.25. The van der Waals surface area contributed by atoms with E-state index in [1.54, 1.807) is 0 Å². The van der Waals surface area contributed by atoms with Crippen LogP contribution >= 0.6 is 0 Å². The minimum atomic E-state index is -0.196. The van der Waals surface area contributed by atoms with Crippen molar-refractivity contribution in [1.29, 1.82) is 0 Å². The molecule has 2 rings (SSSR count). The molecule has 0 bridgehead atoms. The van der Waals surface area contributed by atoms with Gasteiger partial charge in [0, 0.05) is 5.54 Å². The number of hydrogen-bond acceptors (Lipinski definition) is 1. The lowest BCUT2D eigenvalue weighted by atomic mass is 9.81. The topological polar surface area (TPSA) is 26.0 Å². The Balaban J connectivity index is 2.20. The molecule has 2 aromatic rings. The molecule has 0 aromatic heterocycles. The van der Waals surface area contributed by atoms with E-state index in [1.165, 1.54) is 42.4 Å². The van der Waals surface area contributed by atoms with E-state index in [4.69, 9.17) is 5.73 Å². The monoisotopic (exact) mass is 321 g/mol. The Morgan fingerprint density at radius 3 is 1.83 bits per heavy atom. The fraction of sp³-hybridized carbons (Fsp3) is 0.391. The molecule has 128 valence electrons. The van der Waals surface area contributed by atoms with Gasteiger partial charge in [0.25, 0.3) is 0 Å². The van der Waals surface area contributed by atoms with Crippen LogP contribution in [0.15, 0.2) is 61.2 Å². The Hall–Kier alpha value is -1.86. The molecular weight excluding hydrogens is 290 g/mol. The Morgan fingerprint density at radius 1 is 0.833 bits per heavy atom. The SMILES string of the molecule is C=C(c1ccccc1)c1ccc(C(N)(CCCC)CCCC)cc1. The number of unbranched alkanes of at least 4 members (excludes halogenated alkanes) is 2. The second-order valence-electron chi connectivity index (χ2n) is 6.79. The summed E-state index contributed by atoms with van der Waals surface area (Å²) in [5, 5.41) is 0. The molecule has 0 saturated carbocycles. The summed E-state index contributed by atoms with van der Waals surface area (Å²) in [5.41, 5.74) is 11.3. The minimum absolute atomic E-state index is 0.196. The Bertz CT molecular complexity index is 617. The fourth-order valence-electron chi connectivity index (χ4n) is 3.21. The minimum Gasteiger partial charge on any atom is -0.321 e. The fourth-order valence-corrected chi connectivity index (χ4v) is 3.21. The Kier molecular flexibility index (Phi) is 6.81. The van der Waals surface area contributed by atoms with Crippen molar-refractivity contribution in [1.82, 2.24) is 0 Å². The van der Waals surface area contributed by atoms with Crippen molar-refractivity contribution in [2.75, 3.05) is 0 Å². The number of benzene rings is 2. The normalized spacial score (nSPS) is 11.5. The summed E-state index contributed by atoms with van der Waals surface area (Å²) in [6.45, 7) is 8.71. The van der Waals surface area contributed by atoms with Gasteiger partial charge in [0.05, 0.1) is 0 Å². The van der Waals surface area contributed by atoms with Crippen molar-refractivity contribution in [3.63, 3.8) is 0 Å². The van der Waals surface area contributed by atoms with E-state index in [0.29, 0.717) is 0 Å². The van der Waals surface area contributed by atoms with E-state index in [2.05, 4.69) is 69.0 Å². The van der Waals surface area contributed by atoms with Crippen molar-refractivity contribution < 1.29 is 0 Å². The number of hydrogen-bond donors (Lipinski definition) is 1. The van der Waals surface area contributed by atoms with Crippen molar-refractivity contribution >= 4 is 5.57 Å². The summed E-state index contributed by atoms with van der Waals surface area (Å²) in [6.07, 6.45) is 6.85. The highest BCUT2D eigenvalue weighted by Gasteiger charge is 2.25. The highest BCUT2D eigenvalue weighted by atomic mass is 14.7. The van der Waals surface area contributed by atoms with Gasteiger partial charge >= 0.3 is 0 Å². The summed E-state index contributed by atoms with van der Waals surface area (Å²) >= 11 is 0. The van der Waals surface area contributed by atoms with Crippen LogP contribution in [0.2, 0.25) is 0 Å². The van der Waals surface area contributed by atoms with Gasteiger partial charge in [0.2, 0.25) is 0 Å². The molecule has 0 aliphatic heterocycles. The summed E-state index contributed by atoms with van der Waals surface area (Å²) in [4.78, 5) is 0. The van der Waals surface area contributed by atoms with Crippen LogP contribution in [0.4, 0.5) is 0 Å². The van der Waals surface area contributed by atoms with Gasteiger partial charge in [-0.05, 0) is 35.1 Å². The van der Waals surface area contributed by atoms with Gasteiger partial charge in [-0.3, -0.25) is 0 Å². The molecule has 0 atom stereocenters. The van der Waals surface area contributed by atoms with E-state index in [0.717, 1.165) is 18.4 Å². The van der Waals surface area contributed by atoms with Gasteiger partial charge < -0.3 is 5.73 Å².